The van der Waals surface area contributed by atoms with Crippen molar-refractivity contribution in [1.82, 2.24) is 0 Å². The minimum Gasteiger partial charge on any atom is -0.361 e. The third-order valence-corrected chi connectivity index (χ3v) is 4.54. The van der Waals surface area contributed by atoms with Crippen molar-refractivity contribution >= 4 is 28.6 Å². The molecule has 100 valence electrons. The number of hydrogen-bond acceptors (Lipinski definition) is 2. The zero-order chi connectivity index (χ0) is 13.2. The Morgan fingerprint density at radius 2 is 2.16 bits per heavy atom. The maximum Gasteiger partial charge on any atom is 0.146 e. The summed E-state index contributed by atoms with van der Waals surface area (Å²) in [6.07, 6.45) is 2.31. The standard InChI is InChI=1S/C15H15ClFNS/c16-9-11-3-6-15(14(17)8-11)18(12-4-5-12)10-13-2-1-7-19-13/h1-3,6-8,12H,4-5,9-10H2. The van der Waals surface area contributed by atoms with E-state index < -0.39 is 0 Å². The Balaban J connectivity index is 1.87. The van der Waals surface area contributed by atoms with E-state index in [1.807, 2.05) is 18.2 Å². The highest BCUT2D eigenvalue weighted by Gasteiger charge is 2.30. The molecule has 0 aliphatic heterocycles. The second kappa shape index (κ2) is 5.51. The molecule has 0 atom stereocenters. The Bertz CT molecular complexity index is 551. The summed E-state index contributed by atoms with van der Waals surface area (Å²) in [6, 6.07) is 9.95. The van der Waals surface area contributed by atoms with Crippen LogP contribution in [0.15, 0.2) is 35.7 Å². The van der Waals surface area contributed by atoms with Gasteiger partial charge in [-0.3, -0.25) is 0 Å². The van der Waals surface area contributed by atoms with Crippen LogP contribution in [-0.2, 0) is 12.4 Å². The highest BCUT2D eigenvalue weighted by Crippen LogP contribution is 2.35. The molecule has 0 spiro atoms. The molecule has 0 N–H and O–H groups in total. The summed E-state index contributed by atoms with van der Waals surface area (Å²) in [5, 5.41) is 2.06. The third-order valence-electron chi connectivity index (χ3n) is 3.37. The number of nitrogens with zero attached hydrogens (tertiary/aromatic N) is 1. The van der Waals surface area contributed by atoms with E-state index in [0.717, 1.165) is 24.9 Å². The molecule has 1 aromatic carbocycles. The summed E-state index contributed by atoms with van der Waals surface area (Å²) >= 11 is 7.46. The van der Waals surface area contributed by atoms with Gasteiger partial charge in [-0.05, 0) is 42.0 Å². The van der Waals surface area contributed by atoms with Crippen LogP contribution in [-0.4, -0.2) is 6.04 Å². The first-order valence-electron chi connectivity index (χ1n) is 6.41. The van der Waals surface area contributed by atoms with Gasteiger partial charge < -0.3 is 4.90 Å². The summed E-state index contributed by atoms with van der Waals surface area (Å²) in [5.74, 6) is 0.188. The van der Waals surface area contributed by atoms with Crippen molar-refractivity contribution in [3.05, 3.63) is 52.0 Å². The van der Waals surface area contributed by atoms with Gasteiger partial charge in [0.05, 0.1) is 12.2 Å². The first-order chi connectivity index (χ1) is 9.28. The molecule has 0 saturated heterocycles. The first kappa shape index (κ1) is 12.9. The van der Waals surface area contributed by atoms with Crippen LogP contribution in [0.4, 0.5) is 10.1 Å². The number of hydrogen-bond donors (Lipinski definition) is 0. The topological polar surface area (TPSA) is 3.24 Å². The van der Waals surface area contributed by atoms with Gasteiger partial charge in [-0.25, -0.2) is 4.39 Å². The lowest BCUT2D eigenvalue weighted by atomic mass is 10.2. The van der Waals surface area contributed by atoms with Gasteiger partial charge in [0, 0.05) is 16.8 Å². The SMILES string of the molecule is Fc1cc(CCl)ccc1N(Cc1cccs1)C1CC1. The number of rotatable bonds is 5. The summed E-state index contributed by atoms with van der Waals surface area (Å²) in [7, 11) is 0. The van der Waals surface area contributed by atoms with Crippen LogP contribution in [0.5, 0.6) is 0 Å². The Morgan fingerprint density at radius 1 is 1.32 bits per heavy atom. The van der Waals surface area contributed by atoms with Gasteiger partial charge in [-0.2, -0.15) is 0 Å². The molecule has 0 bridgehead atoms. The van der Waals surface area contributed by atoms with Crippen LogP contribution >= 0.6 is 22.9 Å². The molecule has 1 aliphatic carbocycles. The van der Waals surface area contributed by atoms with E-state index in [4.69, 9.17) is 11.6 Å². The fraction of sp³-hybridized carbons (Fsp3) is 0.333. The van der Waals surface area contributed by atoms with Gasteiger partial charge >= 0.3 is 0 Å². The zero-order valence-corrected chi connectivity index (χ0v) is 12.1. The maximum absolute atomic E-state index is 14.2. The molecule has 4 heteroatoms. The Kier molecular flexibility index (Phi) is 3.76. The number of halogens is 2. The van der Waals surface area contributed by atoms with Crippen LogP contribution in [0.2, 0.25) is 0 Å². The highest BCUT2D eigenvalue weighted by molar-refractivity contribution is 7.09. The zero-order valence-electron chi connectivity index (χ0n) is 10.5. The molecule has 19 heavy (non-hydrogen) atoms. The average molecular weight is 296 g/mol. The van der Waals surface area contributed by atoms with E-state index in [1.165, 1.54) is 4.88 Å². The highest BCUT2D eigenvalue weighted by atomic mass is 35.5. The Morgan fingerprint density at radius 3 is 2.74 bits per heavy atom. The van der Waals surface area contributed by atoms with Crippen molar-refractivity contribution in [1.29, 1.82) is 0 Å². The predicted molar refractivity (Wildman–Crippen MR) is 79.5 cm³/mol. The van der Waals surface area contributed by atoms with Crippen molar-refractivity contribution < 1.29 is 4.39 Å². The van der Waals surface area contributed by atoms with Crippen molar-refractivity contribution in [2.24, 2.45) is 0 Å². The van der Waals surface area contributed by atoms with Gasteiger partial charge in [-0.15, -0.1) is 22.9 Å². The van der Waals surface area contributed by atoms with Crippen LogP contribution in [0, 0.1) is 5.82 Å². The van der Waals surface area contributed by atoms with Gasteiger partial charge in [0.2, 0.25) is 0 Å². The number of alkyl halides is 1. The summed E-state index contributed by atoms with van der Waals surface area (Å²) < 4.78 is 14.2. The third kappa shape index (κ3) is 2.93. The minimum absolute atomic E-state index is 0.165. The first-order valence-corrected chi connectivity index (χ1v) is 7.83. The molecular weight excluding hydrogens is 281 g/mol. The molecule has 1 nitrogen and oxygen atoms in total. The van der Waals surface area contributed by atoms with Crippen molar-refractivity contribution in [2.45, 2.75) is 31.3 Å². The quantitative estimate of drug-likeness (QED) is 0.717. The van der Waals surface area contributed by atoms with Crippen molar-refractivity contribution in [2.75, 3.05) is 4.90 Å². The van der Waals surface area contributed by atoms with Gasteiger partial charge in [0.15, 0.2) is 0 Å². The minimum atomic E-state index is -0.165. The van der Waals surface area contributed by atoms with Gasteiger partial charge in [-0.1, -0.05) is 12.1 Å². The fourth-order valence-electron chi connectivity index (χ4n) is 2.23. The monoisotopic (exact) mass is 295 g/mol. The molecule has 1 fully saturated rings. The smallest absolute Gasteiger partial charge is 0.146 e. The predicted octanol–water partition coefficient (Wildman–Crippen LogP) is 4.80. The molecule has 0 amide bonds. The summed E-state index contributed by atoms with van der Waals surface area (Å²) in [6.45, 7) is 0.791. The van der Waals surface area contributed by atoms with E-state index >= 15 is 0 Å². The average Bonchev–Trinajstić information content (AvgIpc) is 3.14. The number of thiophene rings is 1. The molecule has 1 saturated carbocycles. The largest absolute Gasteiger partial charge is 0.361 e. The molecular formula is C15H15ClFNS. The summed E-state index contributed by atoms with van der Waals surface area (Å²) in [4.78, 5) is 3.45. The van der Waals surface area contributed by atoms with Crippen LogP contribution in [0.1, 0.15) is 23.3 Å². The molecule has 0 radical (unpaired) electrons. The summed E-state index contributed by atoms with van der Waals surface area (Å²) in [5.41, 5.74) is 1.53. The van der Waals surface area contributed by atoms with Gasteiger partial charge in [0.1, 0.15) is 5.82 Å². The van der Waals surface area contributed by atoms with Crippen molar-refractivity contribution in [3.8, 4) is 0 Å². The van der Waals surface area contributed by atoms with Crippen LogP contribution in [0.25, 0.3) is 0 Å². The molecule has 1 heterocycles. The number of anilines is 1. The van der Waals surface area contributed by atoms with E-state index in [-0.39, 0.29) is 5.82 Å². The van der Waals surface area contributed by atoms with E-state index in [2.05, 4.69) is 16.3 Å². The van der Waals surface area contributed by atoms with Crippen LogP contribution in [0.3, 0.4) is 0 Å². The normalized spacial score (nSPS) is 14.6. The Hall–Kier alpha value is -1.06. The molecule has 1 aliphatic rings. The lowest BCUT2D eigenvalue weighted by Gasteiger charge is -2.24. The molecule has 0 unspecified atom stereocenters. The molecule has 3 rings (SSSR count). The maximum atomic E-state index is 14.2. The molecule has 1 aromatic heterocycles. The lowest BCUT2D eigenvalue weighted by Crippen LogP contribution is -2.25. The second-order valence-corrected chi connectivity index (χ2v) is 6.16. The molecule has 2 aromatic rings. The second-order valence-electron chi connectivity index (χ2n) is 4.86. The Labute approximate surface area is 121 Å². The van der Waals surface area contributed by atoms with E-state index in [0.29, 0.717) is 17.6 Å². The lowest BCUT2D eigenvalue weighted by molar-refractivity contribution is 0.614. The van der Waals surface area contributed by atoms with Crippen LogP contribution < -0.4 is 4.90 Å². The van der Waals surface area contributed by atoms with Gasteiger partial charge in [0.25, 0.3) is 0 Å². The number of benzene rings is 1. The van der Waals surface area contributed by atoms with E-state index in [9.17, 15) is 4.39 Å². The fourth-order valence-corrected chi connectivity index (χ4v) is 3.10. The van der Waals surface area contributed by atoms with Crippen molar-refractivity contribution in [3.63, 3.8) is 0 Å². The van der Waals surface area contributed by atoms with E-state index in [1.54, 1.807) is 17.4 Å².